The maximum atomic E-state index is 5.79. The van der Waals surface area contributed by atoms with E-state index < -0.39 is 0 Å². The van der Waals surface area contributed by atoms with Crippen LogP contribution in [0.5, 0.6) is 5.75 Å². The van der Waals surface area contributed by atoms with Gasteiger partial charge in [-0.3, -0.25) is 0 Å². The fourth-order valence-corrected chi connectivity index (χ4v) is 1.93. The molecule has 0 radical (unpaired) electrons. The highest BCUT2D eigenvalue weighted by molar-refractivity contribution is 5.60. The third-order valence-electron chi connectivity index (χ3n) is 3.62. The van der Waals surface area contributed by atoms with E-state index in [4.69, 9.17) is 10.5 Å². The minimum atomic E-state index is 0.483. The van der Waals surface area contributed by atoms with Crippen molar-refractivity contribution in [1.29, 1.82) is 0 Å². The van der Waals surface area contributed by atoms with Gasteiger partial charge < -0.3 is 15.8 Å². The first-order valence-corrected chi connectivity index (χ1v) is 6.58. The Morgan fingerprint density at radius 3 is 2.33 bits per heavy atom. The molecule has 1 rings (SSSR count). The van der Waals surface area contributed by atoms with Crippen molar-refractivity contribution in [3.63, 3.8) is 0 Å². The summed E-state index contributed by atoms with van der Waals surface area (Å²) in [4.78, 5) is 0. The second kappa shape index (κ2) is 6.64. The summed E-state index contributed by atoms with van der Waals surface area (Å²) in [5.41, 5.74) is 9.36. The number of nitrogens with one attached hydrogen (secondary N) is 1. The zero-order chi connectivity index (χ0) is 13.7. The number of nitrogens with two attached hydrogens (primary N) is 1. The maximum Gasteiger partial charge on any atom is 0.142 e. The van der Waals surface area contributed by atoms with Gasteiger partial charge in [-0.15, -0.1) is 0 Å². The van der Waals surface area contributed by atoms with Gasteiger partial charge in [-0.2, -0.15) is 0 Å². The van der Waals surface area contributed by atoms with Crippen molar-refractivity contribution in [3.8, 4) is 5.75 Å². The smallest absolute Gasteiger partial charge is 0.142 e. The molecule has 3 heteroatoms. The van der Waals surface area contributed by atoms with Crippen LogP contribution in [-0.2, 0) is 0 Å². The number of hydrogen-bond donors (Lipinski definition) is 2. The molecule has 1 aromatic carbocycles. The number of anilines is 1. The molecule has 0 amide bonds. The lowest BCUT2D eigenvalue weighted by Crippen LogP contribution is -2.27. The lowest BCUT2D eigenvalue weighted by molar-refractivity contribution is 0.405. The second-order valence-corrected chi connectivity index (χ2v) is 5.26. The van der Waals surface area contributed by atoms with Crippen molar-refractivity contribution in [3.05, 3.63) is 23.3 Å². The summed E-state index contributed by atoms with van der Waals surface area (Å²) in [6.07, 6.45) is 0. The summed E-state index contributed by atoms with van der Waals surface area (Å²) >= 11 is 0. The number of hydrogen-bond acceptors (Lipinski definition) is 3. The third-order valence-corrected chi connectivity index (χ3v) is 3.62. The molecule has 0 aliphatic rings. The van der Waals surface area contributed by atoms with Crippen LogP contribution in [0.25, 0.3) is 0 Å². The Morgan fingerprint density at radius 2 is 1.83 bits per heavy atom. The molecule has 0 aliphatic carbocycles. The zero-order valence-electron chi connectivity index (χ0n) is 12.2. The predicted octanol–water partition coefficient (Wildman–Crippen LogP) is 2.95. The molecule has 0 aliphatic heterocycles. The van der Waals surface area contributed by atoms with Crippen LogP contribution in [0, 0.1) is 25.7 Å². The number of ether oxygens (including phenoxy) is 1. The largest absolute Gasteiger partial charge is 0.495 e. The van der Waals surface area contributed by atoms with Gasteiger partial charge in [0.05, 0.1) is 12.8 Å². The Labute approximate surface area is 111 Å². The van der Waals surface area contributed by atoms with Gasteiger partial charge in [0.2, 0.25) is 0 Å². The van der Waals surface area contributed by atoms with E-state index in [0.29, 0.717) is 18.4 Å². The fourth-order valence-electron chi connectivity index (χ4n) is 1.93. The van der Waals surface area contributed by atoms with E-state index in [1.807, 2.05) is 0 Å². The van der Waals surface area contributed by atoms with E-state index in [9.17, 15) is 0 Å². The van der Waals surface area contributed by atoms with Gasteiger partial charge in [0, 0.05) is 6.54 Å². The molecule has 0 aromatic heterocycles. The molecule has 1 aromatic rings. The number of benzene rings is 1. The van der Waals surface area contributed by atoms with Crippen LogP contribution >= 0.6 is 0 Å². The molecule has 102 valence electrons. The molecule has 0 spiro atoms. The summed E-state index contributed by atoms with van der Waals surface area (Å²) in [5, 5.41) is 3.46. The maximum absolute atomic E-state index is 5.79. The van der Waals surface area contributed by atoms with Crippen LogP contribution < -0.4 is 15.8 Å². The highest BCUT2D eigenvalue weighted by Crippen LogP contribution is 2.28. The van der Waals surface area contributed by atoms with E-state index in [1.165, 1.54) is 11.1 Å². The molecule has 1 unspecified atom stereocenters. The molecule has 0 bridgehead atoms. The lowest BCUT2D eigenvalue weighted by atomic mass is 9.96. The van der Waals surface area contributed by atoms with Crippen molar-refractivity contribution in [2.45, 2.75) is 27.7 Å². The van der Waals surface area contributed by atoms with Crippen LogP contribution in [-0.4, -0.2) is 20.2 Å². The molecule has 0 fully saturated rings. The molecule has 0 saturated carbocycles. The molecule has 1 atom stereocenters. The van der Waals surface area contributed by atoms with E-state index in [2.05, 4.69) is 45.1 Å². The Bertz CT molecular complexity index is 388. The van der Waals surface area contributed by atoms with Gasteiger partial charge in [-0.05, 0) is 55.5 Å². The van der Waals surface area contributed by atoms with Crippen LogP contribution in [0.2, 0.25) is 0 Å². The summed E-state index contributed by atoms with van der Waals surface area (Å²) < 4.78 is 5.41. The van der Waals surface area contributed by atoms with Crippen molar-refractivity contribution in [1.82, 2.24) is 0 Å². The molecular formula is C15H26N2O. The Balaban J connectivity index is 2.80. The molecule has 0 saturated heterocycles. The first-order valence-electron chi connectivity index (χ1n) is 6.58. The Hall–Kier alpha value is -1.22. The lowest BCUT2D eigenvalue weighted by Gasteiger charge is -2.21. The van der Waals surface area contributed by atoms with E-state index in [1.54, 1.807) is 7.11 Å². The van der Waals surface area contributed by atoms with Crippen molar-refractivity contribution >= 4 is 5.69 Å². The molecule has 18 heavy (non-hydrogen) atoms. The van der Waals surface area contributed by atoms with Gasteiger partial charge in [0.15, 0.2) is 0 Å². The van der Waals surface area contributed by atoms with Crippen molar-refractivity contribution in [2.75, 3.05) is 25.5 Å². The molecular weight excluding hydrogens is 224 g/mol. The number of rotatable bonds is 6. The van der Waals surface area contributed by atoms with Gasteiger partial charge >= 0.3 is 0 Å². The predicted molar refractivity (Wildman–Crippen MR) is 78.3 cm³/mol. The van der Waals surface area contributed by atoms with Gasteiger partial charge in [0.1, 0.15) is 5.75 Å². The molecule has 3 N–H and O–H groups in total. The van der Waals surface area contributed by atoms with Crippen molar-refractivity contribution in [2.24, 2.45) is 17.6 Å². The minimum absolute atomic E-state index is 0.483. The quantitative estimate of drug-likeness (QED) is 0.816. The zero-order valence-corrected chi connectivity index (χ0v) is 12.2. The summed E-state index contributed by atoms with van der Waals surface area (Å²) in [7, 11) is 1.71. The first-order chi connectivity index (χ1) is 8.49. The average molecular weight is 250 g/mol. The number of methoxy groups -OCH3 is 1. The molecule has 0 heterocycles. The summed E-state index contributed by atoms with van der Waals surface area (Å²) in [5.74, 6) is 1.97. The topological polar surface area (TPSA) is 47.3 Å². The number of aryl methyl sites for hydroxylation is 2. The van der Waals surface area contributed by atoms with Crippen molar-refractivity contribution < 1.29 is 4.74 Å². The van der Waals surface area contributed by atoms with Crippen LogP contribution in [0.3, 0.4) is 0 Å². The van der Waals surface area contributed by atoms with Crippen LogP contribution in [0.4, 0.5) is 5.69 Å². The van der Waals surface area contributed by atoms with Crippen LogP contribution in [0.1, 0.15) is 25.0 Å². The minimum Gasteiger partial charge on any atom is -0.495 e. The van der Waals surface area contributed by atoms with E-state index in [-0.39, 0.29) is 0 Å². The van der Waals surface area contributed by atoms with E-state index in [0.717, 1.165) is 18.0 Å². The SMILES string of the molecule is COc1cc(C)c(C)cc1NCC(CN)C(C)C. The Kier molecular flexibility index (Phi) is 5.48. The summed E-state index contributed by atoms with van der Waals surface area (Å²) in [6.45, 7) is 10.2. The summed E-state index contributed by atoms with van der Waals surface area (Å²) in [6, 6.07) is 4.21. The van der Waals surface area contributed by atoms with E-state index >= 15 is 0 Å². The highest BCUT2D eigenvalue weighted by atomic mass is 16.5. The second-order valence-electron chi connectivity index (χ2n) is 5.26. The Morgan fingerprint density at radius 1 is 1.22 bits per heavy atom. The van der Waals surface area contributed by atoms with Crippen LogP contribution in [0.15, 0.2) is 12.1 Å². The standard InChI is InChI=1S/C15H26N2O/c1-10(2)13(8-16)9-17-14-6-11(3)12(4)7-15(14)18-5/h6-7,10,13,17H,8-9,16H2,1-5H3. The fraction of sp³-hybridized carbons (Fsp3) is 0.600. The van der Waals surface area contributed by atoms with Gasteiger partial charge in [0.25, 0.3) is 0 Å². The monoisotopic (exact) mass is 250 g/mol. The highest BCUT2D eigenvalue weighted by Gasteiger charge is 2.12. The molecule has 3 nitrogen and oxygen atoms in total. The van der Waals surface area contributed by atoms with Gasteiger partial charge in [-0.25, -0.2) is 0 Å². The third kappa shape index (κ3) is 3.64. The average Bonchev–Trinajstić information content (AvgIpc) is 2.33. The normalized spacial score (nSPS) is 12.6. The first kappa shape index (κ1) is 14.8. The van der Waals surface area contributed by atoms with Gasteiger partial charge in [-0.1, -0.05) is 13.8 Å².